The number of ether oxygens (including phenoxy) is 2. The molecule has 2 fully saturated rings. The second-order valence-corrected chi connectivity index (χ2v) is 12.8. The fourth-order valence-electron chi connectivity index (χ4n) is 5.05. The molecular formula is C21H24F2N9O9PS. The van der Waals surface area contributed by atoms with Gasteiger partial charge in [0.25, 0.3) is 11.1 Å². The molecule has 8 atom stereocenters. The molecule has 0 radical (unpaired) electrons. The zero-order chi connectivity index (χ0) is 30.9. The van der Waals surface area contributed by atoms with E-state index in [1.54, 1.807) is 0 Å². The van der Waals surface area contributed by atoms with E-state index in [0.29, 0.717) is 0 Å². The number of H-pyrrole nitrogens is 2. The second-order valence-electron chi connectivity index (χ2n) is 10.0. The number of aromatic amines is 2. The number of aliphatic hydroxyl groups excluding tert-OH is 1. The van der Waals surface area contributed by atoms with Crippen molar-refractivity contribution < 1.29 is 42.4 Å². The number of alkyl halides is 2. The topological polar surface area (TPSA) is 251 Å². The molecular weight excluding hydrogens is 623 g/mol. The van der Waals surface area contributed by atoms with Crippen LogP contribution in [0, 0.1) is 0 Å². The summed E-state index contributed by atoms with van der Waals surface area (Å²) in [5.74, 6) is -2.95. The van der Waals surface area contributed by atoms with Crippen molar-refractivity contribution in [3.8, 4) is 0 Å². The van der Waals surface area contributed by atoms with Crippen LogP contribution in [0.3, 0.4) is 0 Å². The molecule has 0 amide bonds. The number of hydrogen-bond donors (Lipinski definition) is 6. The lowest BCUT2D eigenvalue weighted by atomic mass is 9.91. The van der Waals surface area contributed by atoms with Gasteiger partial charge in [-0.1, -0.05) is 0 Å². The number of fused-ring (bicyclic) bond motifs is 2. The number of nitrogens with zero attached hydrogens (tertiary/aromatic N) is 6. The number of nitrogens with two attached hydrogens (primary N) is 1. The Morgan fingerprint density at radius 1 is 1.26 bits per heavy atom. The zero-order valence-electron chi connectivity index (χ0n) is 21.9. The Bertz CT molecular complexity index is 1870. The van der Waals surface area contributed by atoms with Crippen molar-refractivity contribution in [3.05, 3.63) is 39.7 Å². The molecule has 6 heterocycles. The van der Waals surface area contributed by atoms with Gasteiger partial charge in [0.1, 0.15) is 36.8 Å². The molecule has 2 aliphatic rings. The Labute approximate surface area is 242 Å². The molecule has 4 aromatic heterocycles. The summed E-state index contributed by atoms with van der Waals surface area (Å²) in [5.41, 5.74) is 1.40. The fraction of sp³-hybridized carbons (Fsp3) is 0.524. The summed E-state index contributed by atoms with van der Waals surface area (Å²) in [5, 5.41) is 20.9. The summed E-state index contributed by atoms with van der Waals surface area (Å²) in [6.45, 7) is -5.52. The highest BCUT2D eigenvalue weighted by molar-refractivity contribution is 8.07. The third-order valence-electron chi connectivity index (χ3n) is 7.41. The number of nitrogens with one attached hydrogen (secondary N) is 2. The zero-order valence-corrected chi connectivity index (χ0v) is 23.6. The Kier molecular flexibility index (Phi) is 7.22. The highest BCUT2D eigenvalue weighted by atomic mass is 32.5. The molecule has 43 heavy (non-hydrogen) atoms. The first-order chi connectivity index (χ1) is 20.3. The summed E-state index contributed by atoms with van der Waals surface area (Å²) < 4.78 is 55.5. The maximum atomic E-state index is 16.3. The van der Waals surface area contributed by atoms with E-state index in [0.717, 1.165) is 35.0 Å². The highest BCUT2D eigenvalue weighted by Gasteiger charge is 2.62. The molecule has 2 unspecified atom stereocenters. The number of hydrogen-bond acceptors (Lipinski definition) is 14. The first-order valence-corrected chi connectivity index (χ1v) is 15.1. The Hall–Kier alpha value is -3.27. The molecule has 2 saturated heterocycles. The molecule has 18 nitrogen and oxygen atoms in total. The van der Waals surface area contributed by atoms with Crippen molar-refractivity contribution in [1.29, 1.82) is 0 Å². The summed E-state index contributed by atoms with van der Waals surface area (Å²) >= 11 is 5.08. The number of anilines is 1. The minimum absolute atomic E-state index is 0.101. The number of halogens is 2. The van der Waals surface area contributed by atoms with E-state index in [9.17, 15) is 24.7 Å². The monoisotopic (exact) mass is 647 g/mol. The van der Waals surface area contributed by atoms with Gasteiger partial charge in [0.05, 0.1) is 25.9 Å². The molecule has 0 saturated carbocycles. The standard InChI is InChI=1S/C21H24F2N9O9PS/c1-20(36)9(38-4-21(20,23)32-7-28-11-14(32)25-5-26-16(11)34)3-39-42(37,43)41-13-10(22)8(2-33)40-18(13)31-6-27-12-15(31)29-19(24)30-17(12)35/h5-10,13,18,33,36H,2-4H2,1H3,(H,37,43)(H,25,26,34)(H3,24,29,30,35)/t8-,9-,10+,13-,18-,20-,21?,42?/m1/s1. The molecule has 7 N–H and O–H groups in total. The third-order valence-corrected chi connectivity index (χ3v) is 8.97. The van der Waals surface area contributed by atoms with Gasteiger partial charge in [-0.15, -0.1) is 0 Å². The van der Waals surface area contributed by atoms with Crippen LogP contribution in [0.4, 0.5) is 14.7 Å². The van der Waals surface area contributed by atoms with Gasteiger partial charge in [0, 0.05) is 0 Å². The number of imidazole rings is 2. The van der Waals surface area contributed by atoms with Gasteiger partial charge in [-0.2, -0.15) is 4.98 Å². The predicted octanol–water partition coefficient (Wildman–Crippen LogP) is -1.55. The van der Waals surface area contributed by atoms with Crippen molar-refractivity contribution in [2.24, 2.45) is 0 Å². The molecule has 0 bridgehead atoms. The Balaban J connectivity index is 1.22. The van der Waals surface area contributed by atoms with E-state index in [-0.39, 0.29) is 28.3 Å². The largest absolute Gasteiger partial charge is 0.394 e. The number of aliphatic hydroxyl groups is 2. The lowest BCUT2D eigenvalue weighted by Gasteiger charge is -2.35. The van der Waals surface area contributed by atoms with Gasteiger partial charge in [0.15, 0.2) is 34.7 Å². The van der Waals surface area contributed by atoms with Crippen LogP contribution in [0.2, 0.25) is 0 Å². The van der Waals surface area contributed by atoms with Crippen molar-refractivity contribution in [2.45, 2.75) is 49.0 Å². The Morgan fingerprint density at radius 3 is 2.72 bits per heavy atom. The summed E-state index contributed by atoms with van der Waals surface area (Å²) in [6.07, 6.45) is -4.95. The van der Waals surface area contributed by atoms with E-state index >= 15 is 8.78 Å². The van der Waals surface area contributed by atoms with Crippen LogP contribution < -0.4 is 16.9 Å². The predicted molar refractivity (Wildman–Crippen MR) is 143 cm³/mol. The lowest BCUT2D eigenvalue weighted by molar-refractivity contribution is -0.126. The van der Waals surface area contributed by atoms with Crippen molar-refractivity contribution in [3.63, 3.8) is 0 Å². The molecule has 0 aromatic carbocycles. The quantitative estimate of drug-likeness (QED) is 0.119. The van der Waals surface area contributed by atoms with E-state index in [2.05, 4.69) is 29.9 Å². The minimum atomic E-state index is -4.40. The van der Waals surface area contributed by atoms with E-state index in [1.165, 1.54) is 0 Å². The number of aromatic nitrogens is 8. The first kappa shape index (κ1) is 29.8. The lowest BCUT2D eigenvalue weighted by Crippen LogP contribution is -2.54. The Morgan fingerprint density at radius 2 is 1.98 bits per heavy atom. The maximum absolute atomic E-state index is 16.3. The van der Waals surface area contributed by atoms with Crippen LogP contribution >= 0.6 is 6.72 Å². The van der Waals surface area contributed by atoms with Gasteiger partial charge < -0.3 is 39.8 Å². The van der Waals surface area contributed by atoms with Crippen molar-refractivity contribution in [2.75, 3.05) is 25.6 Å². The first-order valence-electron chi connectivity index (χ1n) is 12.5. The number of rotatable bonds is 8. The van der Waals surface area contributed by atoms with Crippen molar-refractivity contribution >= 4 is 46.8 Å². The van der Waals surface area contributed by atoms with Crippen LogP contribution in [-0.2, 0) is 36.1 Å². The van der Waals surface area contributed by atoms with Gasteiger partial charge >= 0.3 is 6.72 Å². The van der Waals surface area contributed by atoms with Gasteiger partial charge in [-0.05, 0) is 18.7 Å². The summed E-state index contributed by atoms with van der Waals surface area (Å²) in [4.78, 5) is 55.4. The normalized spacial score (nSPS) is 32.6. The molecule has 6 rings (SSSR count). The molecule has 0 spiro atoms. The van der Waals surface area contributed by atoms with Crippen molar-refractivity contribution in [1.82, 2.24) is 39.0 Å². The van der Waals surface area contributed by atoms with E-state index in [4.69, 9.17) is 36.1 Å². The maximum Gasteiger partial charge on any atom is 0.325 e. The smallest absolute Gasteiger partial charge is 0.325 e. The third kappa shape index (κ3) is 4.76. The summed E-state index contributed by atoms with van der Waals surface area (Å²) in [7, 11) is 0. The van der Waals surface area contributed by atoms with E-state index in [1.807, 2.05) is 0 Å². The average Bonchev–Trinajstić information content (AvgIpc) is 3.68. The summed E-state index contributed by atoms with van der Waals surface area (Å²) in [6, 6.07) is 0. The minimum Gasteiger partial charge on any atom is -0.394 e. The molecule has 232 valence electrons. The van der Waals surface area contributed by atoms with Gasteiger partial charge in [-0.3, -0.25) is 28.2 Å². The molecule has 4 aromatic rings. The van der Waals surface area contributed by atoms with Gasteiger partial charge in [0.2, 0.25) is 11.7 Å². The van der Waals surface area contributed by atoms with Crippen LogP contribution in [0.25, 0.3) is 22.3 Å². The average molecular weight is 648 g/mol. The van der Waals surface area contributed by atoms with E-state index < -0.39 is 79.8 Å². The van der Waals surface area contributed by atoms with Crippen LogP contribution in [0.15, 0.2) is 28.6 Å². The fourth-order valence-corrected chi connectivity index (χ4v) is 6.44. The molecule has 22 heteroatoms. The van der Waals surface area contributed by atoms with Crippen LogP contribution in [0.1, 0.15) is 13.2 Å². The van der Waals surface area contributed by atoms with Crippen LogP contribution in [0.5, 0.6) is 0 Å². The molecule has 2 aliphatic heterocycles. The van der Waals surface area contributed by atoms with Crippen LogP contribution in [-0.4, -0.2) is 104 Å². The highest BCUT2D eigenvalue weighted by Crippen LogP contribution is 2.52. The SMILES string of the molecule is C[C@@]1(O)[C@@H](COP(O)(=S)O[C@@H]2[C@@H](F)[C@@H](CO)O[C@H]2n2cnc3c(=O)[nH]c(N)nc32)OCC1(F)n1cnc2c(=O)[nH]cnc21. The number of nitrogen functional groups attached to an aromatic ring is 1. The second kappa shape index (κ2) is 10.4. The molecule has 0 aliphatic carbocycles. The van der Waals surface area contributed by atoms with Gasteiger partial charge in [-0.25, -0.2) is 23.7 Å².